The van der Waals surface area contributed by atoms with E-state index in [4.69, 9.17) is 4.74 Å². The first-order chi connectivity index (χ1) is 11.5. The van der Waals surface area contributed by atoms with Crippen molar-refractivity contribution in [3.05, 3.63) is 64.7 Å². The Kier molecular flexibility index (Phi) is 5.95. The molecule has 0 radical (unpaired) electrons. The molecule has 0 aromatic heterocycles. The highest BCUT2D eigenvalue weighted by atomic mass is 16.5. The van der Waals surface area contributed by atoms with Gasteiger partial charge in [-0.15, -0.1) is 0 Å². The molecule has 0 spiro atoms. The van der Waals surface area contributed by atoms with Crippen LogP contribution in [0.15, 0.2) is 42.5 Å². The molecule has 2 rings (SSSR count). The number of hydrogen-bond acceptors (Lipinski definition) is 3. The number of ether oxygens (including phenoxy) is 1. The lowest BCUT2D eigenvalue weighted by Gasteiger charge is -2.12. The summed E-state index contributed by atoms with van der Waals surface area (Å²) >= 11 is 0. The summed E-state index contributed by atoms with van der Waals surface area (Å²) in [4.78, 5) is 23.8. The van der Waals surface area contributed by atoms with Crippen LogP contribution in [0.4, 0.5) is 0 Å². The van der Waals surface area contributed by atoms with Gasteiger partial charge in [-0.2, -0.15) is 0 Å². The second-order valence-electron chi connectivity index (χ2n) is 5.56. The molecule has 2 amide bonds. The first-order valence-electron chi connectivity index (χ1n) is 7.88. The van der Waals surface area contributed by atoms with Crippen molar-refractivity contribution in [1.82, 2.24) is 10.9 Å². The minimum absolute atomic E-state index is 0.166. The van der Waals surface area contributed by atoms with Crippen LogP contribution in [-0.4, -0.2) is 18.4 Å². The zero-order valence-electron chi connectivity index (χ0n) is 14.2. The monoisotopic (exact) mass is 326 g/mol. The van der Waals surface area contributed by atoms with Crippen LogP contribution in [0.5, 0.6) is 5.75 Å². The van der Waals surface area contributed by atoms with Gasteiger partial charge in [0.15, 0.2) is 6.61 Å². The number of para-hydroxylation sites is 1. The molecule has 0 saturated carbocycles. The average molecular weight is 326 g/mol. The van der Waals surface area contributed by atoms with E-state index < -0.39 is 5.91 Å². The van der Waals surface area contributed by atoms with E-state index >= 15 is 0 Å². The summed E-state index contributed by atoms with van der Waals surface area (Å²) in [7, 11) is 0. The van der Waals surface area contributed by atoms with E-state index in [9.17, 15) is 9.59 Å². The third kappa shape index (κ3) is 4.59. The van der Waals surface area contributed by atoms with Gasteiger partial charge < -0.3 is 4.74 Å². The maximum Gasteiger partial charge on any atom is 0.276 e. The molecule has 0 unspecified atom stereocenters. The maximum absolute atomic E-state index is 12.0. The highest BCUT2D eigenvalue weighted by Crippen LogP contribution is 2.21. The topological polar surface area (TPSA) is 67.4 Å². The minimum Gasteiger partial charge on any atom is -0.483 e. The molecule has 0 aliphatic rings. The number of carbonyl (C=O) groups is 2. The molecule has 0 heterocycles. The van der Waals surface area contributed by atoms with Gasteiger partial charge in [0.25, 0.3) is 11.8 Å². The van der Waals surface area contributed by atoms with Crippen molar-refractivity contribution in [2.24, 2.45) is 0 Å². The second-order valence-corrected chi connectivity index (χ2v) is 5.56. The van der Waals surface area contributed by atoms with Crippen LogP contribution in [0, 0.1) is 13.8 Å². The van der Waals surface area contributed by atoms with Crippen LogP contribution in [0.3, 0.4) is 0 Å². The summed E-state index contributed by atoms with van der Waals surface area (Å²) < 4.78 is 5.53. The molecule has 2 aromatic carbocycles. The summed E-state index contributed by atoms with van der Waals surface area (Å²) in [6, 6.07) is 13.0. The lowest BCUT2D eigenvalue weighted by molar-refractivity contribution is -0.123. The molecule has 5 nitrogen and oxygen atoms in total. The fourth-order valence-corrected chi connectivity index (χ4v) is 2.29. The smallest absolute Gasteiger partial charge is 0.276 e. The number of benzene rings is 2. The van der Waals surface area contributed by atoms with E-state index in [0.29, 0.717) is 11.3 Å². The van der Waals surface area contributed by atoms with E-state index in [1.54, 1.807) is 12.1 Å². The molecule has 24 heavy (non-hydrogen) atoms. The van der Waals surface area contributed by atoms with E-state index in [1.165, 1.54) is 0 Å². The molecule has 0 atom stereocenters. The van der Waals surface area contributed by atoms with Gasteiger partial charge in [0.2, 0.25) is 0 Å². The Bertz CT molecular complexity index is 704. The van der Waals surface area contributed by atoms with E-state index in [1.807, 2.05) is 51.1 Å². The van der Waals surface area contributed by atoms with Crippen LogP contribution in [0.25, 0.3) is 0 Å². The Hall–Kier alpha value is -2.82. The van der Waals surface area contributed by atoms with Gasteiger partial charge in [-0.25, -0.2) is 0 Å². The molecule has 0 saturated heterocycles. The fraction of sp³-hybridized carbons (Fsp3) is 0.263. The Morgan fingerprint density at radius 2 is 1.58 bits per heavy atom. The third-order valence-electron chi connectivity index (χ3n) is 3.70. The van der Waals surface area contributed by atoms with Gasteiger partial charge in [0.1, 0.15) is 5.75 Å². The first-order valence-corrected chi connectivity index (χ1v) is 7.88. The fourth-order valence-electron chi connectivity index (χ4n) is 2.29. The molecule has 0 fully saturated rings. The van der Waals surface area contributed by atoms with Gasteiger partial charge >= 0.3 is 0 Å². The molecule has 2 aromatic rings. The molecule has 126 valence electrons. The molecular weight excluding hydrogens is 304 g/mol. The SMILES string of the molecule is CCc1ccc(C(=O)NNC(=O)COc2c(C)cccc2C)cc1. The minimum atomic E-state index is -0.420. The molecule has 0 aliphatic carbocycles. The maximum atomic E-state index is 12.0. The zero-order chi connectivity index (χ0) is 17.5. The van der Waals surface area contributed by atoms with Crippen molar-refractivity contribution in [2.75, 3.05) is 6.61 Å². The van der Waals surface area contributed by atoms with E-state index in [-0.39, 0.29) is 12.5 Å². The Balaban J connectivity index is 1.83. The first kappa shape index (κ1) is 17.5. The predicted octanol–water partition coefficient (Wildman–Crippen LogP) is 2.71. The number of amides is 2. The number of nitrogens with one attached hydrogen (secondary N) is 2. The van der Waals surface area contributed by atoms with E-state index in [0.717, 1.165) is 23.1 Å². The third-order valence-corrected chi connectivity index (χ3v) is 3.70. The summed E-state index contributed by atoms with van der Waals surface area (Å²) in [6.45, 7) is 5.72. The van der Waals surface area contributed by atoms with Crippen molar-refractivity contribution < 1.29 is 14.3 Å². The van der Waals surface area contributed by atoms with Gasteiger partial charge in [-0.3, -0.25) is 20.4 Å². The number of hydrogen-bond donors (Lipinski definition) is 2. The van der Waals surface area contributed by atoms with Crippen molar-refractivity contribution in [3.63, 3.8) is 0 Å². The van der Waals surface area contributed by atoms with Crippen LogP contribution >= 0.6 is 0 Å². The summed E-state index contributed by atoms with van der Waals surface area (Å²) in [5.74, 6) is -0.0941. The molecule has 2 N–H and O–H groups in total. The largest absolute Gasteiger partial charge is 0.483 e. The highest BCUT2D eigenvalue weighted by Gasteiger charge is 2.09. The Morgan fingerprint density at radius 1 is 0.958 bits per heavy atom. The van der Waals surface area contributed by atoms with Crippen molar-refractivity contribution >= 4 is 11.8 Å². The van der Waals surface area contributed by atoms with Crippen LogP contribution in [0.2, 0.25) is 0 Å². The van der Waals surface area contributed by atoms with Gasteiger partial charge in [-0.1, -0.05) is 37.3 Å². The molecular formula is C19H22N2O3. The highest BCUT2D eigenvalue weighted by molar-refractivity contribution is 5.95. The predicted molar refractivity (Wildman–Crippen MR) is 92.8 cm³/mol. The standard InChI is InChI=1S/C19H22N2O3/c1-4-15-8-10-16(11-9-15)19(23)21-20-17(22)12-24-18-13(2)6-5-7-14(18)3/h5-11H,4,12H2,1-3H3,(H,20,22)(H,21,23). The van der Waals surface area contributed by atoms with Crippen LogP contribution in [0.1, 0.15) is 34.0 Å². The number of hydrazine groups is 1. The van der Waals surface area contributed by atoms with Crippen LogP contribution in [-0.2, 0) is 11.2 Å². The lowest BCUT2D eigenvalue weighted by Crippen LogP contribution is -2.43. The van der Waals surface area contributed by atoms with Gasteiger partial charge in [0, 0.05) is 5.56 Å². The summed E-state index contributed by atoms with van der Waals surface area (Å²) in [6.07, 6.45) is 0.911. The number of carbonyl (C=O) groups excluding carboxylic acids is 2. The number of rotatable bonds is 5. The van der Waals surface area contributed by atoms with E-state index in [2.05, 4.69) is 10.9 Å². The van der Waals surface area contributed by atoms with Crippen molar-refractivity contribution in [2.45, 2.75) is 27.2 Å². The van der Waals surface area contributed by atoms with Crippen molar-refractivity contribution in [1.29, 1.82) is 0 Å². The number of aryl methyl sites for hydroxylation is 3. The quantitative estimate of drug-likeness (QED) is 0.830. The lowest BCUT2D eigenvalue weighted by atomic mass is 10.1. The average Bonchev–Trinajstić information content (AvgIpc) is 2.59. The summed E-state index contributed by atoms with van der Waals surface area (Å²) in [5, 5.41) is 0. The normalized spacial score (nSPS) is 10.1. The molecule has 5 heteroatoms. The molecule has 0 bridgehead atoms. The van der Waals surface area contributed by atoms with Gasteiger partial charge in [0.05, 0.1) is 0 Å². The van der Waals surface area contributed by atoms with Gasteiger partial charge in [-0.05, 0) is 49.1 Å². The Labute approximate surface area is 142 Å². The zero-order valence-corrected chi connectivity index (χ0v) is 14.2. The Morgan fingerprint density at radius 3 is 2.17 bits per heavy atom. The van der Waals surface area contributed by atoms with Crippen LogP contribution < -0.4 is 15.6 Å². The summed E-state index contributed by atoms with van der Waals surface area (Å²) in [5.41, 5.74) is 8.30. The second kappa shape index (κ2) is 8.15. The molecule has 0 aliphatic heterocycles. The van der Waals surface area contributed by atoms with Crippen molar-refractivity contribution in [3.8, 4) is 5.75 Å².